The Balaban J connectivity index is 1.93. The monoisotopic (exact) mass is 299 g/mol. The van der Waals surface area contributed by atoms with Crippen LogP contribution in [0.3, 0.4) is 0 Å². The van der Waals surface area contributed by atoms with Crippen LogP contribution in [-0.2, 0) is 19.5 Å². The van der Waals surface area contributed by atoms with Crippen LogP contribution in [-0.4, -0.2) is 34.0 Å². The van der Waals surface area contributed by atoms with Gasteiger partial charge in [0.1, 0.15) is 0 Å². The topological polar surface area (TPSA) is 64.6 Å². The number of nitrogens with one attached hydrogen (secondary N) is 1. The summed E-state index contributed by atoms with van der Waals surface area (Å²) in [6.07, 6.45) is 1.36. The molecular formula is C14H21NO4S. The molecule has 1 fully saturated rings. The highest BCUT2D eigenvalue weighted by Crippen LogP contribution is 2.21. The molecule has 0 atom stereocenters. The average molecular weight is 299 g/mol. The van der Waals surface area contributed by atoms with Gasteiger partial charge in [-0.05, 0) is 38.0 Å². The smallest absolute Gasteiger partial charge is 0.240 e. The van der Waals surface area contributed by atoms with Crippen molar-refractivity contribution in [2.75, 3.05) is 19.8 Å². The van der Waals surface area contributed by atoms with E-state index < -0.39 is 15.8 Å². The molecule has 1 aliphatic rings. The van der Waals surface area contributed by atoms with Crippen molar-refractivity contribution in [2.45, 2.75) is 37.4 Å². The third kappa shape index (κ3) is 4.02. The number of benzene rings is 1. The predicted molar refractivity (Wildman–Crippen MR) is 75.9 cm³/mol. The lowest BCUT2D eigenvalue weighted by molar-refractivity contribution is -0.257. The van der Waals surface area contributed by atoms with Gasteiger partial charge in [-0.15, -0.1) is 0 Å². The zero-order valence-electron chi connectivity index (χ0n) is 11.9. The number of sulfonamides is 1. The van der Waals surface area contributed by atoms with Crippen molar-refractivity contribution in [1.29, 1.82) is 0 Å². The Labute approximate surface area is 120 Å². The summed E-state index contributed by atoms with van der Waals surface area (Å²) < 4.78 is 38.0. The van der Waals surface area contributed by atoms with Crippen molar-refractivity contribution < 1.29 is 17.9 Å². The molecule has 1 N–H and O–H groups in total. The standard InChI is InChI=1S/C14H21NO4S/c1-12-5-3-6-13(11-12)20(16,17)15-8-7-14(2)18-9-4-10-19-14/h3,5-6,11,15H,4,7-10H2,1-2H3. The molecule has 0 aliphatic carbocycles. The third-order valence-electron chi connectivity index (χ3n) is 3.27. The lowest BCUT2D eigenvalue weighted by atomic mass is 10.2. The highest BCUT2D eigenvalue weighted by Gasteiger charge is 2.29. The summed E-state index contributed by atoms with van der Waals surface area (Å²) in [6, 6.07) is 6.84. The summed E-state index contributed by atoms with van der Waals surface area (Å²) in [6.45, 7) is 5.30. The normalized spacial score (nSPS) is 18.9. The number of hydrogen-bond acceptors (Lipinski definition) is 4. The zero-order valence-corrected chi connectivity index (χ0v) is 12.7. The lowest BCUT2D eigenvalue weighted by Gasteiger charge is -2.33. The Morgan fingerprint density at radius 3 is 2.65 bits per heavy atom. The van der Waals surface area contributed by atoms with Crippen molar-refractivity contribution >= 4 is 10.0 Å². The summed E-state index contributed by atoms with van der Waals surface area (Å²) in [4.78, 5) is 0.285. The van der Waals surface area contributed by atoms with Crippen molar-refractivity contribution in [3.8, 4) is 0 Å². The van der Waals surface area contributed by atoms with Gasteiger partial charge in [-0.1, -0.05) is 12.1 Å². The Bertz CT molecular complexity index is 550. The summed E-state index contributed by atoms with van der Waals surface area (Å²) >= 11 is 0. The van der Waals surface area contributed by atoms with E-state index in [1.54, 1.807) is 18.2 Å². The summed E-state index contributed by atoms with van der Waals surface area (Å²) in [5.41, 5.74) is 0.916. The van der Waals surface area contributed by atoms with Gasteiger partial charge in [0.25, 0.3) is 0 Å². The molecule has 2 rings (SSSR count). The van der Waals surface area contributed by atoms with Gasteiger partial charge in [0.15, 0.2) is 5.79 Å². The van der Waals surface area contributed by atoms with Crippen LogP contribution < -0.4 is 4.72 Å². The molecule has 0 aromatic heterocycles. The van der Waals surface area contributed by atoms with Crippen molar-refractivity contribution in [3.63, 3.8) is 0 Å². The second-order valence-corrected chi connectivity index (χ2v) is 6.92. The molecule has 1 aliphatic heterocycles. The van der Waals surface area contributed by atoms with Crippen molar-refractivity contribution in [3.05, 3.63) is 29.8 Å². The Hall–Kier alpha value is -0.950. The van der Waals surface area contributed by atoms with Crippen LogP contribution >= 0.6 is 0 Å². The van der Waals surface area contributed by atoms with E-state index >= 15 is 0 Å². The summed E-state index contributed by atoms with van der Waals surface area (Å²) in [7, 11) is -3.47. The number of aryl methyl sites for hydroxylation is 1. The number of ether oxygens (including phenoxy) is 2. The number of hydrogen-bond donors (Lipinski definition) is 1. The quantitative estimate of drug-likeness (QED) is 0.900. The second kappa shape index (κ2) is 6.22. The first kappa shape index (κ1) is 15.4. The molecule has 0 amide bonds. The molecule has 1 heterocycles. The molecule has 112 valence electrons. The Kier molecular flexibility index (Phi) is 4.80. The summed E-state index contributed by atoms with van der Waals surface area (Å²) in [5, 5.41) is 0. The molecule has 0 bridgehead atoms. The molecule has 20 heavy (non-hydrogen) atoms. The molecular weight excluding hydrogens is 278 g/mol. The van der Waals surface area contributed by atoms with Gasteiger partial charge in [-0.2, -0.15) is 0 Å². The average Bonchev–Trinajstić information content (AvgIpc) is 2.39. The van der Waals surface area contributed by atoms with Gasteiger partial charge in [-0.3, -0.25) is 0 Å². The first-order valence-electron chi connectivity index (χ1n) is 6.76. The fourth-order valence-corrected chi connectivity index (χ4v) is 3.24. The zero-order chi connectivity index (χ0) is 14.6. The van der Waals surface area contributed by atoms with Gasteiger partial charge in [-0.25, -0.2) is 13.1 Å². The first-order valence-corrected chi connectivity index (χ1v) is 8.24. The maximum absolute atomic E-state index is 12.1. The Morgan fingerprint density at radius 1 is 1.30 bits per heavy atom. The highest BCUT2D eigenvalue weighted by molar-refractivity contribution is 7.89. The van der Waals surface area contributed by atoms with E-state index in [0.717, 1.165) is 12.0 Å². The summed E-state index contributed by atoms with van der Waals surface area (Å²) in [5.74, 6) is -0.687. The molecule has 0 unspecified atom stereocenters. The maximum Gasteiger partial charge on any atom is 0.240 e. The SMILES string of the molecule is Cc1cccc(S(=O)(=O)NCCC2(C)OCCCO2)c1. The van der Waals surface area contributed by atoms with Crippen LogP contribution in [0.15, 0.2) is 29.2 Å². The van der Waals surface area contributed by atoms with Gasteiger partial charge >= 0.3 is 0 Å². The van der Waals surface area contributed by atoms with Crippen molar-refractivity contribution in [2.24, 2.45) is 0 Å². The molecule has 6 heteroatoms. The molecule has 1 aromatic carbocycles. The largest absolute Gasteiger partial charge is 0.350 e. The minimum atomic E-state index is -3.47. The molecule has 5 nitrogen and oxygen atoms in total. The van der Waals surface area contributed by atoms with E-state index in [-0.39, 0.29) is 11.4 Å². The van der Waals surface area contributed by atoms with Crippen LogP contribution in [0.25, 0.3) is 0 Å². The molecule has 0 saturated carbocycles. The van der Waals surface area contributed by atoms with E-state index in [9.17, 15) is 8.42 Å². The minimum Gasteiger partial charge on any atom is -0.350 e. The van der Waals surface area contributed by atoms with Crippen LogP contribution in [0.2, 0.25) is 0 Å². The van der Waals surface area contributed by atoms with E-state index in [4.69, 9.17) is 9.47 Å². The molecule has 1 saturated heterocycles. The third-order valence-corrected chi connectivity index (χ3v) is 4.73. The second-order valence-electron chi connectivity index (χ2n) is 5.15. The van der Waals surface area contributed by atoms with Gasteiger partial charge in [0.2, 0.25) is 10.0 Å². The van der Waals surface area contributed by atoms with Gasteiger partial charge < -0.3 is 9.47 Å². The van der Waals surface area contributed by atoms with Crippen LogP contribution in [0.5, 0.6) is 0 Å². The fourth-order valence-electron chi connectivity index (χ4n) is 2.10. The van der Waals surface area contributed by atoms with E-state index in [1.807, 2.05) is 19.9 Å². The minimum absolute atomic E-state index is 0.284. The van der Waals surface area contributed by atoms with Crippen LogP contribution in [0, 0.1) is 6.92 Å². The molecule has 1 aromatic rings. The fraction of sp³-hybridized carbons (Fsp3) is 0.571. The lowest BCUT2D eigenvalue weighted by Crippen LogP contribution is -2.40. The van der Waals surface area contributed by atoms with Gasteiger partial charge in [0, 0.05) is 13.0 Å². The van der Waals surface area contributed by atoms with Crippen molar-refractivity contribution in [1.82, 2.24) is 4.72 Å². The van der Waals surface area contributed by atoms with E-state index in [1.165, 1.54) is 0 Å². The first-order chi connectivity index (χ1) is 9.41. The molecule has 0 radical (unpaired) electrons. The highest BCUT2D eigenvalue weighted by atomic mass is 32.2. The van der Waals surface area contributed by atoms with Crippen LogP contribution in [0.4, 0.5) is 0 Å². The van der Waals surface area contributed by atoms with Gasteiger partial charge in [0.05, 0.1) is 18.1 Å². The molecule has 0 spiro atoms. The van der Waals surface area contributed by atoms with E-state index in [2.05, 4.69) is 4.72 Å². The maximum atomic E-state index is 12.1. The van der Waals surface area contributed by atoms with Crippen LogP contribution in [0.1, 0.15) is 25.3 Å². The predicted octanol–water partition coefficient (Wildman–Crippen LogP) is 1.82. The van der Waals surface area contributed by atoms with E-state index in [0.29, 0.717) is 19.6 Å². The number of rotatable bonds is 5. The Morgan fingerprint density at radius 2 is 2.00 bits per heavy atom.